The van der Waals surface area contributed by atoms with Gasteiger partial charge in [0, 0.05) is 12.1 Å². The van der Waals surface area contributed by atoms with Crippen molar-refractivity contribution in [3.8, 4) is 0 Å². The van der Waals surface area contributed by atoms with Crippen molar-refractivity contribution in [2.75, 3.05) is 4.90 Å². The van der Waals surface area contributed by atoms with Crippen LogP contribution in [0.5, 0.6) is 0 Å². The Bertz CT molecular complexity index is 642. The maximum absolute atomic E-state index is 12.3. The minimum Gasteiger partial charge on any atom is -0.711 e. The molecule has 2 aromatic rings. The molecule has 0 atom stereocenters. The molecule has 122 valence electrons. The number of rotatable bonds is 4. The summed E-state index contributed by atoms with van der Waals surface area (Å²) in [6.45, 7) is 0.698. The average molecular weight is 332 g/mol. The molecule has 1 saturated carbocycles. The minimum absolute atomic E-state index is 0.281. The van der Waals surface area contributed by atoms with Gasteiger partial charge in [0.1, 0.15) is 6.54 Å². The van der Waals surface area contributed by atoms with Gasteiger partial charge in [-0.25, -0.2) is 4.73 Å². The summed E-state index contributed by atoms with van der Waals surface area (Å²) in [5.41, 5.74) is 7.22. The largest absolute Gasteiger partial charge is 0.711 e. The average Bonchev–Trinajstić information content (AvgIpc) is 2.57. The first-order chi connectivity index (χ1) is 11.1. The van der Waals surface area contributed by atoms with E-state index >= 15 is 0 Å². The second kappa shape index (κ2) is 7.20. The quantitative estimate of drug-likeness (QED) is 0.691. The molecule has 0 radical (unpaired) electrons. The molecular weight excluding hydrogens is 310 g/mol. The first kappa shape index (κ1) is 16.1. The van der Waals surface area contributed by atoms with E-state index < -0.39 is 0 Å². The van der Waals surface area contributed by atoms with Crippen molar-refractivity contribution < 1.29 is 4.73 Å². The highest BCUT2D eigenvalue weighted by Gasteiger charge is 2.31. The lowest BCUT2D eigenvalue weighted by atomic mass is 9.90. The maximum atomic E-state index is 12.3. The van der Waals surface area contributed by atoms with Crippen LogP contribution in [0.3, 0.4) is 0 Å². The van der Waals surface area contributed by atoms with Gasteiger partial charge in [-0.15, -0.1) is 0 Å². The highest BCUT2D eigenvalue weighted by Crippen LogP contribution is 2.28. The second-order valence-corrected chi connectivity index (χ2v) is 6.65. The van der Waals surface area contributed by atoms with Crippen molar-refractivity contribution in [2.45, 2.75) is 44.3 Å². The first-order valence-electron chi connectivity index (χ1n) is 8.08. The molecule has 1 aliphatic carbocycles. The van der Waals surface area contributed by atoms with E-state index in [0.717, 1.165) is 30.4 Å². The van der Waals surface area contributed by atoms with Crippen LogP contribution in [0.4, 0.5) is 5.82 Å². The third kappa shape index (κ3) is 3.95. The van der Waals surface area contributed by atoms with Crippen molar-refractivity contribution in [1.29, 1.82) is 0 Å². The molecule has 0 amide bonds. The summed E-state index contributed by atoms with van der Waals surface area (Å²) >= 11 is 6.13. The Balaban J connectivity index is 1.91. The SMILES string of the molecule is N[C@H]1CC[C@@H](N(Cc2ccccc2)c2cc(Cl)cc[n+]2[O-])CC1. The molecule has 2 N–H and O–H groups in total. The van der Waals surface area contributed by atoms with Crippen molar-refractivity contribution in [3.63, 3.8) is 0 Å². The van der Waals surface area contributed by atoms with Crippen LogP contribution < -0.4 is 15.4 Å². The summed E-state index contributed by atoms with van der Waals surface area (Å²) in [6.07, 6.45) is 5.47. The summed E-state index contributed by atoms with van der Waals surface area (Å²) in [5, 5.41) is 12.9. The number of benzene rings is 1. The van der Waals surface area contributed by atoms with Gasteiger partial charge in [-0.2, -0.15) is 0 Å². The van der Waals surface area contributed by atoms with Gasteiger partial charge < -0.3 is 10.9 Å². The van der Waals surface area contributed by atoms with Gasteiger partial charge in [-0.3, -0.25) is 4.90 Å². The number of hydrogen-bond donors (Lipinski definition) is 1. The van der Waals surface area contributed by atoms with Crippen molar-refractivity contribution in [3.05, 3.63) is 64.5 Å². The number of aromatic nitrogens is 1. The Morgan fingerprint density at radius 1 is 1.13 bits per heavy atom. The van der Waals surface area contributed by atoms with Crippen LogP contribution in [0.2, 0.25) is 5.02 Å². The third-order valence-corrected chi connectivity index (χ3v) is 4.77. The van der Waals surface area contributed by atoms with E-state index in [-0.39, 0.29) is 6.04 Å². The summed E-state index contributed by atoms with van der Waals surface area (Å²) < 4.78 is 0.906. The highest BCUT2D eigenvalue weighted by molar-refractivity contribution is 6.30. The maximum Gasteiger partial charge on any atom is 0.281 e. The number of halogens is 1. The predicted octanol–water partition coefficient (Wildman–Crippen LogP) is 3.25. The van der Waals surface area contributed by atoms with Crippen LogP contribution in [-0.2, 0) is 6.54 Å². The summed E-state index contributed by atoms with van der Waals surface area (Å²) in [7, 11) is 0. The number of anilines is 1. The van der Waals surface area contributed by atoms with E-state index in [1.165, 1.54) is 11.8 Å². The van der Waals surface area contributed by atoms with Gasteiger partial charge in [-0.1, -0.05) is 41.9 Å². The highest BCUT2D eigenvalue weighted by atomic mass is 35.5. The fourth-order valence-corrected chi connectivity index (χ4v) is 3.40. The first-order valence-corrected chi connectivity index (χ1v) is 8.46. The number of pyridine rings is 1. The predicted molar refractivity (Wildman–Crippen MR) is 93.3 cm³/mol. The van der Waals surface area contributed by atoms with E-state index in [2.05, 4.69) is 17.0 Å². The Labute approximate surface area is 142 Å². The number of nitrogens with zero attached hydrogens (tertiary/aromatic N) is 2. The van der Waals surface area contributed by atoms with Gasteiger partial charge in [0.25, 0.3) is 5.82 Å². The van der Waals surface area contributed by atoms with Gasteiger partial charge in [-0.05, 0) is 37.3 Å². The molecule has 0 saturated heterocycles. The third-order valence-electron chi connectivity index (χ3n) is 4.53. The van der Waals surface area contributed by atoms with Crippen molar-refractivity contribution in [2.24, 2.45) is 5.73 Å². The molecule has 1 aliphatic rings. The molecule has 1 heterocycles. The monoisotopic (exact) mass is 331 g/mol. The smallest absolute Gasteiger partial charge is 0.281 e. The fourth-order valence-electron chi connectivity index (χ4n) is 3.25. The van der Waals surface area contributed by atoms with E-state index in [9.17, 15) is 5.21 Å². The fraction of sp³-hybridized carbons (Fsp3) is 0.389. The lowest BCUT2D eigenvalue weighted by molar-refractivity contribution is -0.592. The van der Waals surface area contributed by atoms with Crippen LogP contribution in [0.15, 0.2) is 48.7 Å². The lowest BCUT2D eigenvalue weighted by Crippen LogP contribution is -2.46. The van der Waals surface area contributed by atoms with Gasteiger partial charge >= 0.3 is 0 Å². The van der Waals surface area contributed by atoms with Crippen LogP contribution in [0, 0.1) is 5.21 Å². The molecular formula is C18H22ClN3O. The van der Waals surface area contributed by atoms with E-state index in [1.807, 2.05) is 18.2 Å². The van der Waals surface area contributed by atoms with E-state index in [0.29, 0.717) is 23.4 Å². The molecule has 1 aromatic heterocycles. The molecule has 1 aromatic carbocycles. The molecule has 1 fully saturated rings. The molecule has 4 nitrogen and oxygen atoms in total. The molecule has 0 unspecified atom stereocenters. The van der Waals surface area contributed by atoms with E-state index in [4.69, 9.17) is 17.3 Å². The standard InChI is InChI=1S/C18H22ClN3O/c19-15-10-11-22(23)18(12-15)21(13-14-4-2-1-3-5-14)17-8-6-16(20)7-9-17/h1-5,10-12,16-17H,6-9,13,20H2/t16-,17+. The van der Waals surface area contributed by atoms with Gasteiger partial charge in [0.15, 0.2) is 0 Å². The normalized spacial score (nSPS) is 21.1. The van der Waals surface area contributed by atoms with Crippen LogP contribution >= 0.6 is 11.6 Å². The topological polar surface area (TPSA) is 56.2 Å². The summed E-state index contributed by atoms with van der Waals surface area (Å²) in [5.74, 6) is 0.613. The van der Waals surface area contributed by atoms with Crippen molar-refractivity contribution in [1.82, 2.24) is 0 Å². The second-order valence-electron chi connectivity index (χ2n) is 6.21. The Morgan fingerprint density at radius 2 is 1.83 bits per heavy atom. The number of nitrogens with two attached hydrogens (primary N) is 1. The molecule has 3 rings (SSSR count). The van der Waals surface area contributed by atoms with Crippen LogP contribution in [0.1, 0.15) is 31.2 Å². The van der Waals surface area contributed by atoms with Crippen molar-refractivity contribution >= 4 is 17.4 Å². The van der Waals surface area contributed by atoms with Gasteiger partial charge in [0.2, 0.25) is 0 Å². The Morgan fingerprint density at radius 3 is 2.52 bits per heavy atom. The summed E-state index contributed by atoms with van der Waals surface area (Å²) in [4.78, 5) is 2.18. The van der Waals surface area contributed by atoms with Crippen LogP contribution in [0.25, 0.3) is 0 Å². The lowest BCUT2D eigenvalue weighted by Gasteiger charge is -2.33. The van der Waals surface area contributed by atoms with Gasteiger partial charge in [0.05, 0.1) is 17.3 Å². The number of hydrogen-bond acceptors (Lipinski definition) is 3. The van der Waals surface area contributed by atoms with E-state index in [1.54, 1.807) is 12.1 Å². The summed E-state index contributed by atoms with van der Waals surface area (Å²) in [6, 6.07) is 14.2. The molecule has 0 bridgehead atoms. The Hall–Kier alpha value is -1.78. The zero-order chi connectivity index (χ0) is 16.2. The molecule has 0 aliphatic heterocycles. The zero-order valence-corrected chi connectivity index (χ0v) is 13.8. The molecule has 5 heteroatoms. The zero-order valence-electron chi connectivity index (χ0n) is 13.1. The minimum atomic E-state index is 0.281. The Kier molecular flexibility index (Phi) is 5.03. The van der Waals surface area contributed by atoms with Crippen LogP contribution in [-0.4, -0.2) is 12.1 Å². The molecule has 0 spiro atoms. The molecule has 23 heavy (non-hydrogen) atoms.